The lowest BCUT2D eigenvalue weighted by atomic mass is 10.0. The Morgan fingerprint density at radius 3 is 2.39 bits per heavy atom. The summed E-state index contributed by atoms with van der Waals surface area (Å²) >= 11 is 5.60. The highest BCUT2D eigenvalue weighted by molar-refractivity contribution is 6.27. The third-order valence-corrected chi connectivity index (χ3v) is 7.07. The second kappa shape index (κ2) is 13.2. The van der Waals surface area contributed by atoms with E-state index in [4.69, 9.17) is 30.2 Å². The lowest BCUT2D eigenvalue weighted by Crippen LogP contribution is -2.36. The van der Waals surface area contributed by atoms with E-state index in [9.17, 15) is 9.59 Å². The van der Waals surface area contributed by atoms with Gasteiger partial charge in [0.25, 0.3) is 0 Å². The number of carbonyl (C=O) groups excluding carboxylic acids is 2. The summed E-state index contributed by atoms with van der Waals surface area (Å²) in [4.78, 5) is 32.4. The number of halogens is 3. The molecule has 1 aliphatic heterocycles. The van der Waals surface area contributed by atoms with Crippen LogP contribution in [0.5, 0.6) is 11.5 Å². The molecule has 230 valence electrons. The van der Waals surface area contributed by atoms with Crippen LogP contribution in [0.15, 0.2) is 52.6 Å². The molecule has 2 aromatic carbocycles. The molecule has 0 spiro atoms. The summed E-state index contributed by atoms with van der Waals surface area (Å²) in [5, 5.41) is 9.28. The molecule has 0 bridgehead atoms. The average molecular weight is 628 g/mol. The van der Waals surface area contributed by atoms with Crippen LogP contribution in [0.3, 0.4) is 0 Å². The lowest BCUT2D eigenvalue weighted by molar-refractivity contribution is -0.111. The van der Waals surface area contributed by atoms with Crippen LogP contribution >= 0.6 is 11.6 Å². The molecule has 0 saturated carbocycles. The number of amides is 1. The number of aromatic nitrogens is 1. The molecule has 0 aliphatic carbocycles. The molecule has 0 radical (unpaired) electrons. The largest absolute Gasteiger partial charge is 0.494 e. The first-order valence-corrected chi connectivity index (χ1v) is 13.8. The van der Waals surface area contributed by atoms with E-state index >= 15 is 8.78 Å². The predicted octanol–water partition coefficient (Wildman–Crippen LogP) is 5.67. The van der Waals surface area contributed by atoms with Gasteiger partial charge in [-0.3, -0.25) is 9.59 Å². The normalized spacial score (nSPS) is 13.3. The number of carbonyl (C=O) groups is 2. The predicted molar refractivity (Wildman–Crippen MR) is 163 cm³/mol. The van der Waals surface area contributed by atoms with Crippen molar-refractivity contribution in [2.75, 3.05) is 68.4 Å². The molecule has 4 aromatic rings. The minimum atomic E-state index is -1.20. The minimum absolute atomic E-state index is 0.180. The maximum absolute atomic E-state index is 15.1. The number of morpholine rings is 1. The van der Waals surface area contributed by atoms with Crippen LogP contribution < -0.4 is 30.3 Å². The highest BCUT2D eigenvalue weighted by atomic mass is 35.5. The van der Waals surface area contributed by atoms with Gasteiger partial charge in [0.15, 0.2) is 34.5 Å². The van der Waals surface area contributed by atoms with Crippen molar-refractivity contribution in [1.82, 2.24) is 4.98 Å². The number of hydrogen-bond donors (Lipinski definition) is 3. The minimum Gasteiger partial charge on any atom is -0.494 e. The molecular formula is C30H28ClF2N5O6. The number of methoxy groups -OCH3 is 2. The number of anilines is 5. The van der Waals surface area contributed by atoms with Crippen LogP contribution in [-0.4, -0.2) is 64.2 Å². The molecule has 1 aliphatic rings. The summed E-state index contributed by atoms with van der Waals surface area (Å²) in [6, 6.07) is 8.13. The number of benzene rings is 2. The Kier molecular flexibility index (Phi) is 9.16. The molecule has 1 fully saturated rings. The topological polar surface area (TPSA) is 127 Å². The Hall–Kier alpha value is -4.88. The van der Waals surface area contributed by atoms with Gasteiger partial charge in [-0.2, -0.15) is 0 Å². The Balaban J connectivity index is 1.52. The number of fused-ring (bicyclic) bond motifs is 1. The van der Waals surface area contributed by atoms with E-state index in [1.807, 2.05) is 12.1 Å². The van der Waals surface area contributed by atoms with Crippen molar-refractivity contribution in [3.8, 4) is 11.5 Å². The first-order valence-electron chi connectivity index (χ1n) is 13.4. The highest BCUT2D eigenvalue weighted by Crippen LogP contribution is 2.38. The maximum Gasteiger partial charge on any atom is 0.249 e. The molecular weight excluding hydrogens is 600 g/mol. The van der Waals surface area contributed by atoms with Crippen LogP contribution in [0.25, 0.3) is 11.0 Å². The summed E-state index contributed by atoms with van der Waals surface area (Å²) in [7, 11) is 3.91. The molecule has 14 heteroatoms. The quantitative estimate of drug-likeness (QED) is 0.150. The van der Waals surface area contributed by atoms with E-state index in [0.29, 0.717) is 48.9 Å². The summed E-state index contributed by atoms with van der Waals surface area (Å²) in [5.41, 5.74) is 2.45. The molecule has 0 unspecified atom stereocenters. The van der Waals surface area contributed by atoms with Gasteiger partial charge in [-0.15, -0.1) is 0 Å². The highest BCUT2D eigenvalue weighted by Gasteiger charge is 2.31. The zero-order valence-electron chi connectivity index (χ0n) is 23.9. The van der Waals surface area contributed by atoms with E-state index in [2.05, 4.69) is 25.8 Å². The van der Waals surface area contributed by atoms with Gasteiger partial charge in [-0.05, 0) is 24.3 Å². The SMILES string of the molecule is CNc1c(C(=O)c2c(F)c(OC)cc(OC)c2F)oc2cnc(Nc3ccc(N4CCOCC4)cc3NC(=O)/C=C\Cl)cc12. The average Bonchev–Trinajstić information content (AvgIpc) is 3.40. The van der Waals surface area contributed by atoms with E-state index < -0.39 is 28.9 Å². The second-order valence-corrected chi connectivity index (χ2v) is 9.72. The monoisotopic (exact) mass is 627 g/mol. The first kappa shape index (κ1) is 30.6. The molecule has 44 heavy (non-hydrogen) atoms. The number of ether oxygens (including phenoxy) is 3. The number of hydrogen-bond acceptors (Lipinski definition) is 10. The molecule has 1 amide bonds. The van der Waals surface area contributed by atoms with Gasteiger partial charge >= 0.3 is 0 Å². The van der Waals surface area contributed by atoms with Crippen molar-refractivity contribution in [1.29, 1.82) is 0 Å². The van der Waals surface area contributed by atoms with Crippen molar-refractivity contribution < 1.29 is 37.0 Å². The molecule has 11 nitrogen and oxygen atoms in total. The van der Waals surface area contributed by atoms with Gasteiger partial charge in [-0.25, -0.2) is 13.8 Å². The molecule has 3 N–H and O–H groups in total. The van der Waals surface area contributed by atoms with Crippen molar-refractivity contribution in [2.45, 2.75) is 0 Å². The van der Waals surface area contributed by atoms with E-state index in [1.165, 1.54) is 33.5 Å². The van der Waals surface area contributed by atoms with Gasteiger partial charge in [0.2, 0.25) is 11.7 Å². The Morgan fingerprint density at radius 1 is 1.05 bits per heavy atom. The molecule has 2 aromatic heterocycles. The number of ketones is 1. The standard InChI is InChI=1S/C30H28ClF2N5O6/c1-34-28-17-13-23(36-18-5-4-16(38-8-10-43-11-9-38)12-19(18)37-24(39)6-7-31)35-15-22(17)44-30(28)29(40)25-26(32)20(41-2)14-21(42-3)27(25)33/h4-7,12-15,34H,8-11H2,1-3H3,(H,35,36)(H,37,39)/b7-6-. The number of nitrogens with one attached hydrogen (secondary N) is 3. The molecule has 1 saturated heterocycles. The van der Waals surface area contributed by atoms with Crippen molar-refractivity contribution >= 4 is 62.8 Å². The van der Waals surface area contributed by atoms with Crippen LogP contribution in [-0.2, 0) is 9.53 Å². The van der Waals surface area contributed by atoms with Gasteiger partial charge < -0.3 is 39.5 Å². The van der Waals surface area contributed by atoms with Gasteiger partial charge in [-0.1, -0.05) is 11.6 Å². The van der Waals surface area contributed by atoms with E-state index in [-0.39, 0.29) is 28.5 Å². The van der Waals surface area contributed by atoms with E-state index in [1.54, 1.807) is 12.1 Å². The lowest BCUT2D eigenvalue weighted by Gasteiger charge is -2.29. The molecule has 3 heterocycles. The van der Waals surface area contributed by atoms with Crippen molar-refractivity contribution in [3.63, 3.8) is 0 Å². The Bertz CT molecular complexity index is 1730. The fraction of sp³-hybridized carbons (Fsp3) is 0.233. The number of pyridine rings is 1. The molecule has 5 rings (SSSR count). The van der Waals surface area contributed by atoms with Crippen LogP contribution in [0.4, 0.5) is 37.3 Å². The summed E-state index contributed by atoms with van der Waals surface area (Å²) in [5.74, 6) is -4.65. The fourth-order valence-electron chi connectivity index (χ4n) is 4.81. The number of nitrogens with zero attached hydrogens (tertiary/aromatic N) is 2. The van der Waals surface area contributed by atoms with Crippen LogP contribution in [0.2, 0.25) is 0 Å². The van der Waals surface area contributed by atoms with Crippen LogP contribution in [0.1, 0.15) is 16.1 Å². The third-order valence-electron chi connectivity index (χ3n) is 6.95. The zero-order chi connectivity index (χ0) is 31.4. The third kappa shape index (κ3) is 5.96. The first-order chi connectivity index (χ1) is 21.3. The van der Waals surface area contributed by atoms with Crippen molar-refractivity contribution in [3.05, 3.63) is 71.1 Å². The van der Waals surface area contributed by atoms with E-state index in [0.717, 1.165) is 17.3 Å². The maximum atomic E-state index is 15.1. The summed E-state index contributed by atoms with van der Waals surface area (Å²) in [6.07, 6.45) is 2.55. The number of rotatable bonds is 10. The van der Waals surface area contributed by atoms with Crippen LogP contribution in [0, 0.1) is 11.6 Å². The van der Waals surface area contributed by atoms with Gasteiger partial charge in [0, 0.05) is 48.9 Å². The number of furan rings is 1. The van der Waals surface area contributed by atoms with Gasteiger partial charge in [0.1, 0.15) is 11.4 Å². The summed E-state index contributed by atoms with van der Waals surface area (Å²) < 4.78 is 51.4. The smallest absolute Gasteiger partial charge is 0.249 e. The fourth-order valence-corrected chi connectivity index (χ4v) is 4.92. The second-order valence-electron chi connectivity index (χ2n) is 9.47. The zero-order valence-corrected chi connectivity index (χ0v) is 24.7. The molecule has 0 atom stereocenters. The summed E-state index contributed by atoms with van der Waals surface area (Å²) in [6.45, 7) is 2.58. The van der Waals surface area contributed by atoms with Crippen molar-refractivity contribution in [2.24, 2.45) is 0 Å². The Labute approximate surface area is 255 Å². The van der Waals surface area contributed by atoms with Gasteiger partial charge in [0.05, 0.1) is 50.7 Å². The Morgan fingerprint density at radius 2 is 1.75 bits per heavy atom.